The van der Waals surface area contributed by atoms with Gasteiger partial charge in [0.15, 0.2) is 0 Å². The molecule has 5 rings (SSSR count). The van der Waals surface area contributed by atoms with Crippen LogP contribution in [0, 0.1) is 0 Å². The molecule has 1 aliphatic heterocycles. The van der Waals surface area contributed by atoms with Crippen molar-refractivity contribution in [3.05, 3.63) is 89.0 Å². The summed E-state index contributed by atoms with van der Waals surface area (Å²) in [6, 6.07) is 22.4. The van der Waals surface area contributed by atoms with Crippen LogP contribution < -0.4 is 19.1 Å². The molecule has 0 saturated carbocycles. The molecule has 1 unspecified atom stereocenters. The van der Waals surface area contributed by atoms with Gasteiger partial charge in [-0.1, -0.05) is 42.5 Å². The van der Waals surface area contributed by atoms with Crippen LogP contribution in [0.2, 0.25) is 0 Å². The molecule has 40 heavy (non-hydrogen) atoms. The molecule has 3 aromatic rings. The predicted octanol–water partition coefficient (Wildman–Crippen LogP) is 5.71. The highest BCUT2D eigenvalue weighted by Crippen LogP contribution is 2.39. The van der Waals surface area contributed by atoms with Gasteiger partial charge in [-0.25, -0.2) is 8.42 Å². The molecular formula is C30H35F3N3O3S+. The topological polar surface area (TPSA) is 58.6 Å². The largest absolute Gasteiger partial charge is 0.513 e. The Morgan fingerprint density at radius 2 is 1.82 bits per heavy atom. The Morgan fingerprint density at radius 3 is 2.55 bits per heavy atom. The number of hydrogen-bond acceptors (Lipinski definition) is 4. The molecule has 0 fully saturated rings. The number of ether oxygens (including phenoxy) is 1. The Hall–Kier alpha value is -3.08. The molecule has 2 atom stereocenters. The number of benzene rings is 3. The molecule has 3 aromatic carbocycles. The van der Waals surface area contributed by atoms with Gasteiger partial charge in [-0.3, -0.25) is 9.49 Å². The molecule has 214 valence electrons. The minimum atomic E-state index is -5.49. The number of hydrazine groups is 1. The first kappa shape index (κ1) is 28.4. The van der Waals surface area contributed by atoms with Gasteiger partial charge in [0, 0.05) is 18.9 Å². The van der Waals surface area contributed by atoms with Gasteiger partial charge >= 0.3 is 15.5 Å². The summed E-state index contributed by atoms with van der Waals surface area (Å²) in [6.07, 6.45) is 4.35. The van der Waals surface area contributed by atoms with Gasteiger partial charge in [0.05, 0.1) is 32.9 Å². The Bertz CT molecular complexity index is 1460. The molecule has 0 spiro atoms. The van der Waals surface area contributed by atoms with Crippen LogP contribution in [0.3, 0.4) is 0 Å². The van der Waals surface area contributed by atoms with E-state index in [-0.39, 0.29) is 6.54 Å². The zero-order chi connectivity index (χ0) is 28.5. The number of rotatable bonds is 9. The second-order valence-corrected chi connectivity index (χ2v) is 12.6. The van der Waals surface area contributed by atoms with E-state index < -0.39 is 15.5 Å². The van der Waals surface area contributed by atoms with Crippen molar-refractivity contribution in [1.82, 2.24) is 9.31 Å². The van der Waals surface area contributed by atoms with Crippen LogP contribution in [-0.4, -0.2) is 47.7 Å². The summed E-state index contributed by atoms with van der Waals surface area (Å²) < 4.78 is 68.8. The third kappa shape index (κ3) is 5.70. The summed E-state index contributed by atoms with van der Waals surface area (Å²) >= 11 is 0. The van der Waals surface area contributed by atoms with Gasteiger partial charge in [0.1, 0.15) is 11.4 Å². The van der Waals surface area contributed by atoms with Gasteiger partial charge in [0.2, 0.25) is 0 Å². The minimum absolute atomic E-state index is 0.149. The lowest BCUT2D eigenvalue weighted by Gasteiger charge is -2.39. The zero-order valence-corrected chi connectivity index (χ0v) is 23.6. The lowest BCUT2D eigenvalue weighted by Crippen LogP contribution is -2.49. The highest BCUT2D eigenvalue weighted by Gasteiger charge is 2.47. The smallest absolute Gasteiger partial charge is 0.496 e. The summed E-state index contributed by atoms with van der Waals surface area (Å²) in [6.45, 7) is 1.82. The number of anilines is 1. The van der Waals surface area contributed by atoms with Crippen molar-refractivity contribution in [2.75, 3.05) is 38.8 Å². The van der Waals surface area contributed by atoms with Gasteiger partial charge in [-0.2, -0.15) is 13.2 Å². The summed E-state index contributed by atoms with van der Waals surface area (Å²) in [4.78, 5) is 1.72. The van der Waals surface area contributed by atoms with Crippen LogP contribution >= 0.6 is 0 Å². The highest BCUT2D eigenvalue weighted by molar-refractivity contribution is 7.90. The number of para-hydroxylation sites is 1. The van der Waals surface area contributed by atoms with E-state index in [1.165, 1.54) is 16.8 Å². The van der Waals surface area contributed by atoms with Crippen LogP contribution in [0.5, 0.6) is 5.75 Å². The van der Waals surface area contributed by atoms with Gasteiger partial charge in [-0.15, -0.1) is 4.83 Å². The highest BCUT2D eigenvalue weighted by atomic mass is 32.2. The fraction of sp³-hybridized carbons (Fsp3) is 0.400. The molecule has 0 amide bonds. The van der Waals surface area contributed by atoms with Crippen molar-refractivity contribution in [3.8, 4) is 5.75 Å². The Labute approximate surface area is 234 Å². The lowest BCUT2D eigenvalue weighted by molar-refractivity contribution is -0.0448. The van der Waals surface area contributed by atoms with Crippen molar-refractivity contribution >= 4 is 21.4 Å². The summed E-state index contributed by atoms with van der Waals surface area (Å²) in [5.74, 6) is 1.30. The van der Waals surface area contributed by atoms with Crippen molar-refractivity contribution in [2.45, 2.75) is 43.5 Å². The monoisotopic (exact) mass is 574 g/mol. The molecule has 0 radical (unpaired) electrons. The number of nitrogens with one attached hydrogen (secondary N) is 1. The van der Waals surface area contributed by atoms with Gasteiger partial charge in [-0.05, 0) is 72.2 Å². The average Bonchev–Trinajstić information content (AvgIpc) is 3.33. The van der Waals surface area contributed by atoms with Crippen molar-refractivity contribution in [3.63, 3.8) is 0 Å². The normalized spacial score (nSPS) is 18.6. The van der Waals surface area contributed by atoms with E-state index in [2.05, 4.69) is 31.3 Å². The van der Waals surface area contributed by atoms with E-state index in [1.54, 1.807) is 11.9 Å². The number of fused-ring (bicyclic) bond motifs is 2. The molecule has 1 aliphatic carbocycles. The number of likely N-dealkylation sites (N-methyl/N-ethyl adjacent to an activating group) is 1. The number of sulfonamides is 1. The standard InChI is InChI=1S/C30H35F3N3O3S/c1-36(25-9-4-3-5-10-25,21-24-8-6-12-27-26(24)11-7-13-29(27)39-2)19-17-22-14-15-23-16-18-35(28(23)20-22)34-40(37,38)30(31,32)33/h3-5,7,9-11,13-15,20,24,34H,6,8,12,16-19,21H2,1-2H3/q+1/t24-,36?/m0/s1. The number of hydrogen-bond donors (Lipinski definition) is 1. The fourth-order valence-corrected chi connectivity index (χ4v) is 6.73. The van der Waals surface area contributed by atoms with Crippen molar-refractivity contribution < 1.29 is 26.3 Å². The second kappa shape index (κ2) is 11.1. The number of nitrogens with zero attached hydrogens (tertiary/aromatic N) is 2. The molecule has 10 heteroatoms. The maximum absolute atomic E-state index is 13.0. The first-order valence-corrected chi connectivity index (χ1v) is 15.0. The Balaban J connectivity index is 1.39. The molecule has 2 aliphatic rings. The van der Waals surface area contributed by atoms with Crippen LogP contribution in [0.25, 0.3) is 0 Å². The van der Waals surface area contributed by atoms with Gasteiger partial charge < -0.3 is 4.74 Å². The predicted molar refractivity (Wildman–Crippen MR) is 152 cm³/mol. The maximum atomic E-state index is 13.0. The third-order valence-electron chi connectivity index (χ3n) is 8.29. The molecule has 0 aromatic heterocycles. The summed E-state index contributed by atoms with van der Waals surface area (Å²) in [7, 11) is -1.54. The average molecular weight is 575 g/mol. The molecule has 1 heterocycles. The quantitative estimate of drug-likeness (QED) is 0.333. The summed E-state index contributed by atoms with van der Waals surface area (Å²) in [5, 5.41) is 1.10. The molecule has 0 bridgehead atoms. The van der Waals surface area contributed by atoms with E-state index in [0.29, 0.717) is 28.9 Å². The Morgan fingerprint density at radius 1 is 1.05 bits per heavy atom. The fourth-order valence-electron chi connectivity index (χ4n) is 6.14. The number of quaternary nitrogens is 1. The number of halogens is 3. The first-order chi connectivity index (χ1) is 19.0. The number of alkyl halides is 3. The number of methoxy groups -OCH3 is 1. The van der Waals surface area contributed by atoms with Crippen LogP contribution in [-0.2, 0) is 29.3 Å². The zero-order valence-electron chi connectivity index (χ0n) is 22.7. The second-order valence-electron chi connectivity index (χ2n) is 10.9. The third-order valence-corrected chi connectivity index (χ3v) is 9.36. The van der Waals surface area contributed by atoms with Crippen LogP contribution in [0.4, 0.5) is 24.5 Å². The van der Waals surface area contributed by atoms with E-state index in [4.69, 9.17) is 4.74 Å². The van der Waals surface area contributed by atoms with E-state index >= 15 is 0 Å². The van der Waals surface area contributed by atoms with E-state index in [9.17, 15) is 21.6 Å². The van der Waals surface area contributed by atoms with E-state index in [0.717, 1.165) is 54.2 Å². The van der Waals surface area contributed by atoms with Crippen LogP contribution in [0.15, 0.2) is 66.7 Å². The summed E-state index contributed by atoms with van der Waals surface area (Å²) in [5.41, 5.74) is 0.705. The molecule has 0 saturated heterocycles. The Kier molecular flexibility index (Phi) is 7.87. The van der Waals surface area contributed by atoms with Crippen molar-refractivity contribution in [2.24, 2.45) is 0 Å². The first-order valence-electron chi connectivity index (χ1n) is 13.5. The van der Waals surface area contributed by atoms with Gasteiger partial charge in [0.25, 0.3) is 0 Å². The van der Waals surface area contributed by atoms with Crippen molar-refractivity contribution in [1.29, 1.82) is 0 Å². The molecule has 1 N–H and O–H groups in total. The lowest BCUT2D eigenvalue weighted by atomic mass is 9.81. The SMILES string of the molecule is COc1cccc2c1CCC[C@H]2C[N+](C)(CCc1ccc2c(c1)N(NS(=O)(=O)C(F)(F)F)CC2)c1ccccc1. The minimum Gasteiger partial charge on any atom is -0.496 e. The van der Waals surface area contributed by atoms with Crippen LogP contribution in [0.1, 0.15) is 41.0 Å². The molecular weight excluding hydrogens is 539 g/mol. The molecule has 6 nitrogen and oxygen atoms in total. The maximum Gasteiger partial charge on any atom is 0.513 e. The van der Waals surface area contributed by atoms with E-state index in [1.807, 2.05) is 42.5 Å².